The summed E-state index contributed by atoms with van der Waals surface area (Å²) in [4.78, 5) is 1.20. The summed E-state index contributed by atoms with van der Waals surface area (Å²) in [6, 6.07) is 11.7. The molecule has 6 nitrogen and oxygen atoms in total. The van der Waals surface area contributed by atoms with Crippen molar-refractivity contribution in [3.05, 3.63) is 42.5 Å². The van der Waals surface area contributed by atoms with Crippen LogP contribution in [-0.4, -0.2) is 10.5 Å². The SMILES string of the molecule is CSc1cc(N)ccc1N=Nc1ccc(S(=N)(N)=O)cc1. The zero-order valence-electron chi connectivity index (χ0n) is 11.3. The monoisotopic (exact) mass is 321 g/mol. The van der Waals surface area contributed by atoms with Gasteiger partial charge < -0.3 is 5.73 Å². The Morgan fingerprint density at radius 2 is 1.81 bits per heavy atom. The molecule has 0 fully saturated rings. The summed E-state index contributed by atoms with van der Waals surface area (Å²) in [6.07, 6.45) is 1.94. The van der Waals surface area contributed by atoms with E-state index < -0.39 is 9.92 Å². The van der Waals surface area contributed by atoms with Crippen LogP contribution in [0.5, 0.6) is 0 Å². The van der Waals surface area contributed by atoms with Gasteiger partial charge in [-0.25, -0.2) is 14.1 Å². The molecule has 0 aliphatic heterocycles. The minimum Gasteiger partial charge on any atom is -0.399 e. The average molecular weight is 321 g/mol. The summed E-state index contributed by atoms with van der Waals surface area (Å²) in [5.74, 6) is 0. The van der Waals surface area contributed by atoms with Gasteiger partial charge in [0.25, 0.3) is 0 Å². The van der Waals surface area contributed by atoms with Crippen LogP contribution in [0.15, 0.2) is 62.5 Å². The van der Waals surface area contributed by atoms with Crippen LogP contribution in [-0.2, 0) is 9.92 Å². The number of anilines is 1. The summed E-state index contributed by atoms with van der Waals surface area (Å²) in [6.45, 7) is 0. The third-order valence-corrected chi connectivity index (χ3v) is 4.40. The fourth-order valence-electron chi connectivity index (χ4n) is 1.60. The van der Waals surface area contributed by atoms with Crippen molar-refractivity contribution in [2.45, 2.75) is 9.79 Å². The normalized spacial score (nSPS) is 14.2. The van der Waals surface area contributed by atoms with Gasteiger partial charge in [0.2, 0.25) is 0 Å². The third kappa shape index (κ3) is 4.03. The van der Waals surface area contributed by atoms with Crippen LogP contribution in [0.1, 0.15) is 0 Å². The van der Waals surface area contributed by atoms with E-state index in [4.69, 9.17) is 15.7 Å². The number of hydrogen-bond donors (Lipinski definition) is 3. The number of nitrogen functional groups attached to an aromatic ring is 1. The molecular weight excluding hydrogens is 306 g/mol. The second kappa shape index (κ2) is 6.25. The Hall–Kier alpha value is -1.90. The topological polar surface area (TPSA) is 118 Å². The lowest BCUT2D eigenvalue weighted by molar-refractivity contribution is 0.676. The van der Waals surface area contributed by atoms with Crippen LogP contribution in [0.25, 0.3) is 0 Å². The minimum absolute atomic E-state index is 0.263. The van der Waals surface area contributed by atoms with Crippen LogP contribution in [0.2, 0.25) is 0 Å². The fourth-order valence-corrected chi connectivity index (χ4v) is 2.72. The molecule has 0 aromatic heterocycles. The molecule has 0 bridgehead atoms. The number of rotatable bonds is 4. The maximum absolute atomic E-state index is 11.4. The molecule has 1 unspecified atom stereocenters. The van der Waals surface area contributed by atoms with Crippen LogP contribution in [0.4, 0.5) is 17.1 Å². The first kappa shape index (κ1) is 15.5. The molecule has 0 spiro atoms. The maximum atomic E-state index is 11.4. The number of benzene rings is 2. The highest BCUT2D eigenvalue weighted by Crippen LogP contribution is 2.31. The largest absolute Gasteiger partial charge is 0.399 e. The van der Waals surface area contributed by atoms with Gasteiger partial charge in [0.1, 0.15) is 9.92 Å². The first-order valence-electron chi connectivity index (χ1n) is 5.92. The van der Waals surface area contributed by atoms with Crippen molar-refractivity contribution in [1.82, 2.24) is 0 Å². The maximum Gasteiger partial charge on any atom is 0.132 e. The molecule has 0 aliphatic rings. The molecular formula is C13H15N5OS2. The summed E-state index contributed by atoms with van der Waals surface area (Å²) in [5.41, 5.74) is 7.72. The second-order valence-electron chi connectivity index (χ2n) is 4.23. The van der Waals surface area contributed by atoms with Crippen LogP contribution in [0.3, 0.4) is 0 Å². The highest BCUT2D eigenvalue weighted by Gasteiger charge is 2.03. The number of thioether (sulfide) groups is 1. The highest BCUT2D eigenvalue weighted by atomic mass is 32.2. The minimum atomic E-state index is -3.19. The van der Waals surface area contributed by atoms with Gasteiger partial charge in [-0.1, -0.05) is 0 Å². The van der Waals surface area contributed by atoms with Gasteiger partial charge in [0.05, 0.1) is 16.3 Å². The molecule has 0 saturated carbocycles. The van der Waals surface area contributed by atoms with Crippen molar-refractivity contribution >= 4 is 38.7 Å². The Bertz CT molecular complexity index is 770. The molecule has 0 heterocycles. The summed E-state index contributed by atoms with van der Waals surface area (Å²) in [5, 5.41) is 13.5. The van der Waals surface area contributed by atoms with Crippen molar-refractivity contribution in [2.75, 3.05) is 12.0 Å². The molecule has 2 aromatic rings. The molecule has 0 aliphatic carbocycles. The Kier molecular flexibility index (Phi) is 4.61. The van der Waals surface area contributed by atoms with Crippen molar-refractivity contribution in [3.8, 4) is 0 Å². The molecule has 5 N–H and O–H groups in total. The number of nitrogens with zero attached hydrogens (tertiary/aromatic N) is 2. The molecule has 0 saturated heterocycles. The van der Waals surface area contributed by atoms with Gasteiger partial charge in [0.15, 0.2) is 0 Å². The van der Waals surface area contributed by atoms with E-state index in [1.54, 1.807) is 24.3 Å². The van der Waals surface area contributed by atoms with Gasteiger partial charge in [-0.3, -0.25) is 0 Å². The van der Waals surface area contributed by atoms with Gasteiger partial charge in [-0.05, 0) is 48.7 Å². The molecule has 21 heavy (non-hydrogen) atoms. The predicted octanol–water partition coefficient (Wildman–Crippen LogP) is 3.69. The Balaban J connectivity index is 2.26. The number of nitrogens with two attached hydrogens (primary N) is 2. The van der Waals surface area contributed by atoms with E-state index in [1.807, 2.05) is 12.3 Å². The zero-order valence-corrected chi connectivity index (χ0v) is 12.9. The van der Waals surface area contributed by atoms with E-state index in [2.05, 4.69) is 10.2 Å². The molecule has 0 radical (unpaired) electrons. The lowest BCUT2D eigenvalue weighted by atomic mass is 10.3. The first-order chi connectivity index (χ1) is 9.90. The second-order valence-corrected chi connectivity index (χ2v) is 6.75. The van der Waals surface area contributed by atoms with Gasteiger partial charge in [-0.15, -0.1) is 16.9 Å². The van der Waals surface area contributed by atoms with E-state index in [1.165, 1.54) is 23.9 Å². The van der Waals surface area contributed by atoms with Gasteiger partial charge in [-0.2, -0.15) is 5.11 Å². The molecule has 8 heteroatoms. The third-order valence-electron chi connectivity index (χ3n) is 2.66. The number of azo groups is 1. The molecule has 1 atom stereocenters. The molecule has 2 rings (SSSR count). The van der Waals surface area contributed by atoms with Crippen LogP contribution in [0, 0.1) is 4.78 Å². The van der Waals surface area contributed by atoms with Gasteiger partial charge >= 0.3 is 0 Å². The van der Waals surface area contributed by atoms with Crippen LogP contribution < -0.4 is 10.9 Å². The van der Waals surface area contributed by atoms with E-state index in [-0.39, 0.29) is 4.90 Å². The Labute approximate surface area is 127 Å². The Morgan fingerprint density at radius 1 is 1.14 bits per heavy atom. The number of nitrogens with one attached hydrogen (secondary N) is 1. The van der Waals surface area contributed by atoms with Crippen molar-refractivity contribution in [3.63, 3.8) is 0 Å². The molecule has 110 valence electrons. The van der Waals surface area contributed by atoms with Crippen molar-refractivity contribution < 1.29 is 4.21 Å². The fraction of sp³-hybridized carbons (Fsp3) is 0.0769. The highest BCUT2D eigenvalue weighted by molar-refractivity contribution is 7.98. The average Bonchev–Trinajstić information content (AvgIpc) is 2.45. The Morgan fingerprint density at radius 3 is 2.38 bits per heavy atom. The van der Waals surface area contributed by atoms with Crippen molar-refractivity contribution in [1.29, 1.82) is 4.78 Å². The van der Waals surface area contributed by atoms with E-state index >= 15 is 0 Å². The predicted molar refractivity (Wildman–Crippen MR) is 86.6 cm³/mol. The van der Waals surface area contributed by atoms with Crippen molar-refractivity contribution in [2.24, 2.45) is 15.4 Å². The summed E-state index contributed by atoms with van der Waals surface area (Å²) in [7, 11) is -3.19. The van der Waals surface area contributed by atoms with E-state index in [0.717, 1.165) is 10.6 Å². The summed E-state index contributed by atoms with van der Waals surface area (Å²) >= 11 is 1.54. The summed E-state index contributed by atoms with van der Waals surface area (Å²) < 4.78 is 18.7. The smallest absolute Gasteiger partial charge is 0.132 e. The zero-order chi connectivity index (χ0) is 15.5. The van der Waals surface area contributed by atoms with Gasteiger partial charge in [0, 0.05) is 10.6 Å². The van der Waals surface area contributed by atoms with E-state index in [0.29, 0.717) is 11.4 Å². The quantitative estimate of drug-likeness (QED) is 0.452. The first-order valence-corrected chi connectivity index (χ1v) is 8.76. The molecule has 2 aromatic carbocycles. The van der Waals surface area contributed by atoms with E-state index in [9.17, 15) is 4.21 Å². The molecule has 0 amide bonds. The number of hydrogen-bond acceptors (Lipinski definition) is 6. The lowest BCUT2D eigenvalue weighted by Gasteiger charge is -2.03. The standard InChI is InChI=1S/C13H15N5OS2/c1-20-13-8-9(14)2-7-12(13)18-17-10-3-5-11(6-4-10)21(15,16)19/h2-8H,14H2,1H3,(H3,15,16,19). The lowest BCUT2D eigenvalue weighted by Crippen LogP contribution is -2.09. The van der Waals surface area contributed by atoms with Crippen LogP contribution >= 0.6 is 11.8 Å².